The molecule has 0 aliphatic carbocycles. The second kappa shape index (κ2) is 13.1. The van der Waals surface area contributed by atoms with Crippen molar-refractivity contribution in [1.29, 1.82) is 0 Å². The first kappa shape index (κ1) is 26.5. The highest BCUT2D eigenvalue weighted by Crippen LogP contribution is 2.28. The number of unbranched alkanes of at least 4 members (excludes halogenated alkanes) is 3. The average molecular weight is 498 g/mol. The summed E-state index contributed by atoms with van der Waals surface area (Å²) in [6.07, 6.45) is 8.20. The molecule has 0 radical (unpaired) electrons. The minimum absolute atomic E-state index is 0.126. The maximum Gasteiger partial charge on any atom is 0.255 e. The Morgan fingerprint density at radius 3 is 2.30 bits per heavy atom. The van der Waals surface area contributed by atoms with E-state index >= 15 is 0 Å². The summed E-state index contributed by atoms with van der Waals surface area (Å²) in [6.45, 7) is 6.08. The van der Waals surface area contributed by atoms with Crippen molar-refractivity contribution in [1.82, 2.24) is 5.32 Å². The van der Waals surface area contributed by atoms with Crippen molar-refractivity contribution in [3.05, 3.63) is 95.1 Å². The zero-order valence-electron chi connectivity index (χ0n) is 22.1. The van der Waals surface area contributed by atoms with Crippen LogP contribution in [0.3, 0.4) is 0 Å². The molecule has 194 valence electrons. The van der Waals surface area contributed by atoms with Crippen molar-refractivity contribution in [3.63, 3.8) is 0 Å². The zero-order chi connectivity index (χ0) is 26.0. The molecule has 1 aliphatic rings. The summed E-state index contributed by atoms with van der Waals surface area (Å²) >= 11 is 0. The van der Waals surface area contributed by atoms with E-state index in [0.717, 1.165) is 43.6 Å². The Morgan fingerprint density at radius 2 is 1.59 bits per heavy atom. The molecular weight excluding hydrogens is 458 g/mol. The van der Waals surface area contributed by atoms with Gasteiger partial charge in [-0.1, -0.05) is 68.7 Å². The van der Waals surface area contributed by atoms with Gasteiger partial charge in [0.1, 0.15) is 0 Å². The van der Waals surface area contributed by atoms with Crippen LogP contribution in [0, 0.1) is 0 Å². The topological polar surface area (TPSA) is 61.4 Å². The van der Waals surface area contributed by atoms with Crippen molar-refractivity contribution in [2.24, 2.45) is 0 Å². The number of amides is 2. The van der Waals surface area contributed by atoms with Gasteiger partial charge in [0.05, 0.1) is 11.6 Å². The van der Waals surface area contributed by atoms with Crippen LogP contribution in [0.4, 0.5) is 11.4 Å². The van der Waals surface area contributed by atoms with Crippen LogP contribution in [0.1, 0.15) is 90.3 Å². The lowest BCUT2D eigenvalue weighted by Gasteiger charge is -2.23. The van der Waals surface area contributed by atoms with E-state index in [-0.39, 0.29) is 17.9 Å². The summed E-state index contributed by atoms with van der Waals surface area (Å²) in [7, 11) is 0. The summed E-state index contributed by atoms with van der Waals surface area (Å²) in [6, 6.07) is 23.3. The molecule has 1 saturated heterocycles. The normalized spacial score (nSPS) is 13.8. The number of hydrogen-bond donors (Lipinski definition) is 2. The van der Waals surface area contributed by atoms with Gasteiger partial charge in [-0.3, -0.25) is 9.59 Å². The quantitative estimate of drug-likeness (QED) is 0.277. The Balaban J connectivity index is 1.47. The molecule has 5 nitrogen and oxygen atoms in total. The van der Waals surface area contributed by atoms with Gasteiger partial charge in [0.2, 0.25) is 0 Å². The monoisotopic (exact) mass is 497 g/mol. The summed E-state index contributed by atoms with van der Waals surface area (Å²) in [5.74, 6) is -0.308. The van der Waals surface area contributed by atoms with E-state index in [1.807, 2.05) is 73.7 Å². The number of anilines is 2. The van der Waals surface area contributed by atoms with Crippen LogP contribution in [0.2, 0.25) is 0 Å². The van der Waals surface area contributed by atoms with E-state index in [1.54, 1.807) is 6.07 Å². The SMILES string of the molecule is CCCCCCc1ccc(C(=O)Nc2ccc(N3CCCC3)c(C(=O)N[C@H](C)c3ccccc3)c2)cc1. The Hall–Kier alpha value is -3.60. The van der Waals surface area contributed by atoms with Gasteiger partial charge in [-0.05, 0) is 74.1 Å². The van der Waals surface area contributed by atoms with Crippen LogP contribution in [0.25, 0.3) is 0 Å². The standard InChI is InChI=1S/C32H39N3O2/c1-3-4-5-7-12-25-15-17-27(18-16-25)31(36)34-28-19-20-30(35-21-10-11-22-35)29(23-28)32(37)33-24(2)26-13-8-6-9-14-26/h6,8-9,13-20,23-24H,3-5,7,10-12,21-22H2,1-2H3,(H,33,37)(H,34,36)/t24-/m1/s1. The minimum Gasteiger partial charge on any atom is -0.371 e. The number of nitrogens with zero attached hydrogens (tertiary/aromatic N) is 1. The van der Waals surface area contributed by atoms with Crippen LogP contribution in [0.5, 0.6) is 0 Å². The van der Waals surface area contributed by atoms with Crippen molar-refractivity contribution in [2.45, 2.75) is 64.8 Å². The molecule has 2 amide bonds. The molecule has 4 rings (SSSR count). The Morgan fingerprint density at radius 1 is 0.865 bits per heavy atom. The third-order valence-corrected chi connectivity index (χ3v) is 7.13. The van der Waals surface area contributed by atoms with Gasteiger partial charge in [0.15, 0.2) is 0 Å². The van der Waals surface area contributed by atoms with Gasteiger partial charge in [-0.2, -0.15) is 0 Å². The number of benzene rings is 3. The lowest BCUT2D eigenvalue weighted by atomic mass is 10.0. The van der Waals surface area contributed by atoms with Gasteiger partial charge < -0.3 is 15.5 Å². The van der Waals surface area contributed by atoms with Crippen LogP contribution in [-0.2, 0) is 6.42 Å². The molecule has 1 aliphatic heterocycles. The lowest BCUT2D eigenvalue weighted by molar-refractivity contribution is 0.0939. The number of hydrogen-bond acceptors (Lipinski definition) is 3. The Labute approximate surface area is 221 Å². The fourth-order valence-electron chi connectivity index (χ4n) is 4.91. The first-order chi connectivity index (χ1) is 18.0. The molecule has 5 heteroatoms. The molecule has 1 fully saturated rings. The van der Waals surface area contributed by atoms with Crippen molar-refractivity contribution in [3.8, 4) is 0 Å². The van der Waals surface area contributed by atoms with Crippen molar-refractivity contribution >= 4 is 23.2 Å². The molecule has 0 saturated carbocycles. The molecule has 2 N–H and O–H groups in total. The molecule has 1 atom stereocenters. The number of rotatable bonds is 11. The van der Waals surface area contributed by atoms with Gasteiger partial charge in [0, 0.05) is 30.0 Å². The van der Waals surface area contributed by atoms with Gasteiger partial charge >= 0.3 is 0 Å². The predicted octanol–water partition coefficient (Wildman–Crippen LogP) is 7.15. The Bertz CT molecular complexity index is 1170. The maximum absolute atomic E-state index is 13.4. The highest BCUT2D eigenvalue weighted by molar-refractivity contribution is 6.06. The van der Waals surface area contributed by atoms with E-state index in [0.29, 0.717) is 16.8 Å². The molecule has 0 spiro atoms. The molecule has 0 unspecified atom stereocenters. The van der Waals surface area contributed by atoms with Gasteiger partial charge in [-0.25, -0.2) is 0 Å². The molecule has 37 heavy (non-hydrogen) atoms. The first-order valence-corrected chi connectivity index (χ1v) is 13.7. The molecule has 0 bridgehead atoms. The van der Waals surface area contributed by atoms with Crippen molar-refractivity contribution < 1.29 is 9.59 Å². The second-order valence-corrected chi connectivity index (χ2v) is 9.99. The lowest BCUT2D eigenvalue weighted by Crippen LogP contribution is -2.29. The largest absolute Gasteiger partial charge is 0.371 e. The molecule has 1 heterocycles. The summed E-state index contributed by atoms with van der Waals surface area (Å²) in [4.78, 5) is 28.7. The minimum atomic E-state index is -0.171. The van der Waals surface area contributed by atoms with Crippen LogP contribution < -0.4 is 15.5 Å². The highest BCUT2D eigenvalue weighted by Gasteiger charge is 2.22. The highest BCUT2D eigenvalue weighted by atomic mass is 16.2. The van der Waals surface area contributed by atoms with Crippen LogP contribution in [0.15, 0.2) is 72.8 Å². The first-order valence-electron chi connectivity index (χ1n) is 13.7. The van der Waals surface area contributed by atoms with Crippen LogP contribution in [-0.4, -0.2) is 24.9 Å². The Kier molecular flexibility index (Phi) is 9.36. The molecule has 0 aromatic heterocycles. The van der Waals surface area contributed by atoms with E-state index < -0.39 is 0 Å². The fraction of sp³-hybridized carbons (Fsp3) is 0.375. The number of carbonyl (C=O) groups is 2. The number of nitrogens with one attached hydrogen (secondary N) is 2. The van der Waals surface area contributed by atoms with E-state index in [1.165, 1.54) is 31.2 Å². The third-order valence-electron chi connectivity index (χ3n) is 7.13. The average Bonchev–Trinajstić information content (AvgIpc) is 3.47. The smallest absolute Gasteiger partial charge is 0.255 e. The maximum atomic E-state index is 13.4. The van der Waals surface area contributed by atoms with E-state index in [4.69, 9.17) is 0 Å². The van der Waals surface area contributed by atoms with E-state index in [2.05, 4.69) is 22.5 Å². The van der Waals surface area contributed by atoms with Crippen molar-refractivity contribution in [2.75, 3.05) is 23.3 Å². The molecule has 3 aromatic carbocycles. The third kappa shape index (κ3) is 7.22. The second-order valence-electron chi connectivity index (χ2n) is 9.99. The molecular formula is C32H39N3O2. The fourth-order valence-corrected chi connectivity index (χ4v) is 4.91. The predicted molar refractivity (Wildman–Crippen MR) is 152 cm³/mol. The zero-order valence-corrected chi connectivity index (χ0v) is 22.1. The molecule has 3 aromatic rings. The summed E-state index contributed by atoms with van der Waals surface area (Å²) < 4.78 is 0. The van der Waals surface area contributed by atoms with Gasteiger partial charge in [0.25, 0.3) is 11.8 Å². The van der Waals surface area contributed by atoms with Crippen LogP contribution >= 0.6 is 0 Å². The van der Waals surface area contributed by atoms with Gasteiger partial charge in [-0.15, -0.1) is 0 Å². The van der Waals surface area contributed by atoms with E-state index in [9.17, 15) is 9.59 Å². The summed E-state index contributed by atoms with van der Waals surface area (Å²) in [5, 5.41) is 6.14. The summed E-state index contributed by atoms with van der Waals surface area (Å²) in [5.41, 5.74) is 5.05. The number of carbonyl (C=O) groups excluding carboxylic acids is 2. The number of aryl methyl sites for hydroxylation is 1.